The highest BCUT2D eigenvalue weighted by atomic mass is 16.5. The van der Waals surface area contributed by atoms with Gasteiger partial charge in [0.2, 0.25) is 11.8 Å². The maximum absolute atomic E-state index is 12.4. The van der Waals surface area contributed by atoms with E-state index in [1.54, 1.807) is 0 Å². The Kier molecular flexibility index (Phi) is 5.37. The first-order valence-corrected chi connectivity index (χ1v) is 7.39. The molecule has 0 aromatic carbocycles. The lowest BCUT2D eigenvalue weighted by molar-refractivity contribution is -0.137. The van der Waals surface area contributed by atoms with Crippen molar-refractivity contribution in [3.8, 4) is 0 Å². The number of carbonyl (C=O) groups is 2. The number of nitrogens with zero attached hydrogens (tertiary/aromatic N) is 1. The highest BCUT2D eigenvalue weighted by Gasteiger charge is 2.34. The highest BCUT2D eigenvalue weighted by molar-refractivity contribution is 5.80. The lowest BCUT2D eigenvalue weighted by Gasteiger charge is -2.34. The minimum atomic E-state index is -0.0779. The van der Waals surface area contributed by atoms with E-state index in [0.717, 1.165) is 39.0 Å². The van der Waals surface area contributed by atoms with Gasteiger partial charge in [-0.15, -0.1) is 0 Å². The smallest absolute Gasteiger partial charge is 0.246 e. The zero-order chi connectivity index (χ0) is 14.5. The number of likely N-dealkylation sites (tertiary alicyclic amines) is 1. The van der Waals surface area contributed by atoms with Crippen LogP contribution in [0.1, 0.15) is 19.8 Å². The van der Waals surface area contributed by atoms with E-state index in [2.05, 4.69) is 17.6 Å². The van der Waals surface area contributed by atoms with Crippen molar-refractivity contribution < 1.29 is 14.3 Å². The zero-order valence-electron chi connectivity index (χ0n) is 12.4. The third kappa shape index (κ3) is 3.70. The van der Waals surface area contributed by atoms with Gasteiger partial charge in [0.05, 0.1) is 5.92 Å². The summed E-state index contributed by atoms with van der Waals surface area (Å²) in [5, 5.41) is 6.22. The molecule has 2 atom stereocenters. The van der Waals surface area contributed by atoms with Gasteiger partial charge in [-0.25, -0.2) is 0 Å². The molecule has 2 aliphatic rings. The van der Waals surface area contributed by atoms with Gasteiger partial charge in [0.1, 0.15) is 6.61 Å². The third-order valence-corrected chi connectivity index (χ3v) is 4.28. The topological polar surface area (TPSA) is 70.7 Å². The number of ether oxygens (including phenoxy) is 1. The number of amides is 2. The number of hydrogen-bond donors (Lipinski definition) is 2. The second-order valence-electron chi connectivity index (χ2n) is 5.84. The zero-order valence-corrected chi connectivity index (χ0v) is 12.4. The normalized spacial score (nSPS) is 27.6. The van der Waals surface area contributed by atoms with Crippen LogP contribution >= 0.6 is 0 Å². The Bertz CT molecular complexity index is 354. The molecular weight excluding hydrogens is 258 g/mol. The molecule has 20 heavy (non-hydrogen) atoms. The van der Waals surface area contributed by atoms with Crippen LogP contribution in [0.5, 0.6) is 0 Å². The van der Waals surface area contributed by atoms with Gasteiger partial charge in [0, 0.05) is 32.8 Å². The molecule has 2 fully saturated rings. The van der Waals surface area contributed by atoms with Gasteiger partial charge in [-0.05, 0) is 25.3 Å². The fourth-order valence-electron chi connectivity index (χ4n) is 3.02. The maximum Gasteiger partial charge on any atom is 0.246 e. The van der Waals surface area contributed by atoms with Crippen LogP contribution in [0.25, 0.3) is 0 Å². The van der Waals surface area contributed by atoms with Gasteiger partial charge in [-0.2, -0.15) is 0 Å². The van der Waals surface area contributed by atoms with Crippen molar-refractivity contribution in [1.82, 2.24) is 15.5 Å². The predicted octanol–water partition coefficient (Wildman–Crippen LogP) is -0.404. The average molecular weight is 283 g/mol. The Hall–Kier alpha value is -1.14. The molecule has 2 heterocycles. The fraction of sp³-hybridized carbons (Fsp3) is 0.857. The van der Waals surface area contributed by atoms with Gasteiger partial charge in [-0.3, -0.25) is 9.59 Å². The molecule has 0 aliphatic carbocycles. The fourth-order valence-corrected chi connectivity index (χ4v) is 3.02. The van der Waals surface area contributed by atoms with Crippen LogP contribution in [0.15, 0.2) is 0 Å². The van der Waals surface area contributed by atoms with Gasteiger partial charge >= 0.3 is 0 Å². The Morgan fingerprint density at radius 2 is 2.00 bits per heavy atom. The maximum atomic E-state index is 12.4. The van der Waals surface area contributed by atoms with Crippen molar-refractivity contribution in [3.63, 3.8) is 0 Å². The van der Waals surface area contributed by atoms with Crippen LogP contribution in [-0.4, -0.2) is 62.7 Å². The van der Waals surface area contributed by atoms with E-state index < -0.39 is 0 Å². The van der Waals surface area contributed by atoms with Crippen LogP contribution in [0.3, 0.4) is 0 Å². The molecular formula is C14H25N3O3. The van der Waals surface area contributed by atoms with Crippen molar-refractivity contribution in [3.05, 3.63) is 0 Å². The molecule has 0 saturated carbocycles. The van der Waals surface area contributed by atoms with Gasteiger partial charge < -0.3 is 20.3 Å². The second kappa shape index (κ2) is 7.04. The molecule has 0 radical (unpaired) electrons. The molecule has 0 aromatic heterocycles. The van der Waals surface area contributed by atoms with Crippen LogP contribution in [0.4, 0.5) is 0 Å². The Morgan fingerprint density at radius 3 is 2.55 bits per heavy atom. The molecule has 114 valence electrons. The van der Waals surface area contributed by atoms with Gasteiger partial charge in [0.15, 0.2) is 0 Å². The van der Waals surface area contributed by atoms with Crippen LogP contribution in [-0.2, 0) is 14.3 Å². The molecule has 2 rings (SSSR count). The number of hydrogen-bond acceptors (Lipinski definition) is 4. The molecule has 0 bridgehead atoms. The summed E-state index contributed by atoms with van der Waals surface area (Å²) in [6.07, 6.45) is 1.66. The van der Waals surface area contributed by atoms with E-state index in [9.17, 15) is 9.59 Å². The van der Waals surface area contributed by atoms with E-state index in [1.807, 2.05) is 4.90 Å². The van der Waals surface area contributed by atoms with Crippen LogP contribution in [0, 0.1) is 11.8 Å². The summed E-state index contributed by atoms with van der Waals surface area (Å²) in [5.41, 5.74) is 0. The summed E-state index contributed by atoms with van der Waals surface area (Å²) in [7, 11) is 1.51. The second-order valence-corrected chi connectivity index (χ2v) is 5.84. The molecule has 2 aliphatic heterocycles. The SMILES string of the molecule is COCC(=O)NC1CCN(C(=O)C2CNCC2C)CC1. The van der Waals surface area contributed by atoms with E-state index in [1.165, 1.54) is 7.11 Å². The molecule has 2 amide bonds. The first-order valence-electron chi connectivity index (χ1n) is 7.39. The Labute approximate surface area is 120 Å². The molecule has 2 saturated heterocycles. The predicted molar refractivity (Wildman–Crippen MR) is 75.1 cm³/mol. The van der Waals surface area contributed by atoms with Crippen LogP contribution in [0.2, 0.25) is 0 Å². The van der Waals surface area contributed by atoms with Gasteiger partial charge in [0.25, 0.3) is 0 Å². The Balaban J connectivity index is 1.76. The van der Waals surface area contributed by atoms with Crippen LogP contribution < -0.4 is 10.6 Å². The van der Waals surface area contributed by atoms with Crippen molar-refractivity contribution in [2.24, 2.45) is 11.8 Å². The lowest BCUT2D eigenvalue weighted by Crippen LogP contribution is -2.49. The summed E-state index contributed by atoms with van der Waals surface area (Å²) in [5.74, 6) is 0.728. The summed E-state index contributed by atoms with van der Waals surface area (Å²) in [4.78, 5) is 25.8. The van der Waals surface area contributed by atoms with E-state index in [4.69, 9.17) is 4.74 Å². The molecule has 6 nitrogen and oxygen atoms in total. The standard InChI is InChI=1S/C14H25N3O3/c1-10-7-15-8-12(10)14(19)17-5-3-11(4-6-17)16-13(18)9-20-2/h10-12,15H,3-9H2,1-2H3,(H,16,18). The van der Waals surface area contributed by atoms with Gasteiger partial charge in [-0.1, -0.05) is 6.92 Å². The molecule has 2 unspecified atom stereocenters. The van der Waals surface area contributed by atoms with Crippen molar-refractivity contribution in [2.45, 2.75) is 25.8 Å². The van der Waals surface area contributed by atoms with E-state index in [0.29, 0.717) is 5.92 Å². The first kappa shape index (κ1) is 15.3. The number of rotatable bonds is 4. The quantitative estimate of drug-likeness (QED) is 0.736. The highest BCUT2D eigenvalue weighted by Crippen LogP contribution is 2.21. The molecule has 2 N–H and O–H groups in total. The molecule has 6 heteroatoms. The minimum absolute atomic E-state index is 0.0779. The van der Waals surface area contributed by atoms with Crippen molar-refractivity contribution >= 4 is 11.8 Å². The average Bonchev–Trinajstić information content (AvgIpc) is 2.85. The minimum Gasteiger partial charge on any atom is -0.375 e. The van der Waals surface area contributed by atoms with Crippen molar-refractivity contribution in [1.29, 1.82) is 0 Å². The van der Waals surface area contributed by atoms with E-state index >= 15 is 0 Å². The number of methoxy groups -OCH3 is 1. The lowest BCUT2D eigenvalue weighted by atomic mass is 9.95. The van der Waals surface area contributed by atoms with Crippen molar-refractivity contribution in [2.75, 3.05) is 39.9 Å². The largest absolute Gasteiger partial charge is 0.375 e. The summed E-state index contributed by atoms with van der Waals surface area (Å²) in [6.45, 7) is 5.43. The Morgan fingerprint density at radius 1 is 1.30 bits per heavy atom. The number of piperidine rings is 1. The monoisotopic (exact) mass is 283 g/mol. The number of nitrogens with one attached hydrogen (secondary N) is 2. The molecule has 0 spiro atoms. The summed E-state index contributed by atoms with van der Waals surface area (Å²) in [6, 6.07) is 0.167. The number of carbonyl (C=O) groups excluding carboxylic acids is 2. The van der Waals surface area contributed by atoms with E-state index in [-0.39, 0.29) is 30.4 Å². The summed E-state index contributed by atoms with van der Waals surface area (Å²) >= 11 is 0. The third-order valence-electron chi connectivity index (χ3n) is 4.28. The first-order chi connectivity index (χ1) is 9.61. The summed E-state index contributed by atoms with van der Waals surface area (Å²) < 4.78 is 4.80. The molecule has 0 aromatic rings.